The van der Waals surface area contributed by atoms with Gasteiger partial charge in [0.25, 0.3) is 0 Å². The van der Waals surface area contributed by atoms with E-state index in [1.54, 1.807) is 0 Å². The van der Waals surface area contributed by atoms with Gasteiger partial charge in [0.1, 0.15) is 6.61 Å². The fraction of sp³-hybridized carbons (Fsp3) is 0.875. The molecule has 0 aliphatic rings. The normalized spacial score (nSPS) is 10.5. The zero-order valence-electron chi connectivity index (χ0n) is 8.52. The number of rotatable bonds is 11. The van der Waals surface area contributed by atoms with Gasteiger partial charge >= 0.3 is 5.97 Å². The van der Waals surface area contributed by atoms with Gasteiger partial charge in [-0.15, -0.1) is 0 Å². The van der Waals surface area contributed by atoms with Crippen molar-refractivity contribution < 1.29 is 28.9 Å². The van der Waals surface area contributed by atoms with E-state index < -0.39 is 5.97 Å². The molecule has 0 heterocycles. The Kier molecular flexibility index (Phi) is 10.8. The molecule has 0 bridgehead atoms. The highest BCUT2D eigenvalue weighted by atomic mass is 16.6. The monoisotopic (exact) mass is 223 g/mol. The molecule has 7 nitrogen and oxygen atoms in total. The number of carboxylic acid groups (broad SMARTS) is 1. The van der Waals surface area contributed by atoms with Gasteiger partial charge in [-0.2, -0.15) is 0 Å². The minimum atomic E-state index is -0.986. The van der Waals surface area contributed by atoms with Crippen molar-refractivity contribution in [3.63, 3.8) is 0 Å². The van der Waals surface area contributed by atoms with Crippen LogP contribution in [0.25, 0.3) is 0 Å². The Hall–Kier alpha value is -0.730. The molecule has 90 valence electrons. The zero-order valence-corrected chi connectivity index (χ0v) is 8.52. The Morgan fingerprint density at radius 3 is 1.87 bits per heavy atom. The first-order valence-corrected chi connectivity index (χ1v) is 4.54. The van der Waals surface area contributed by atoms with E-state index in [2.05, 4.69) is 4.84 Å². The molecule has 0 saturated carbocycles. The van der Waals surface area contributed by atoms with E-state index in [4.69, 9.17) is 25.2 Å². The first-order valence-electron chi connectivity index (χ1n) is 4.54. The Bertz CT molecular complexity index is 154. The van der Waals surface area contributed by atoms with Gasteiger partial charge in [0, 0.05) is 0 Å². The van der Waals surface area contributed by atoms with Gasteiger partial charge < -0.3 is 24.2 Å². The molecular formula is C8H17NO6. The van der Waals surface area contributed by atoms with E-state index in [1.807, 2.05) is 0 Å². The third kappa shape index (κ3) is 13.3. The molecule has 0 aromatic carbocycles. The summed E-state index contributed by atoms with van der Waals surface area (Å²) in [6.45, 7) is 1.97. The fourth-order valence-electron chi connectivity index (χ4n) is 0.706. The van der Waals surface area contributed by atoms with E-state index in [0.29, 0.717) is 33.0 Å². The summed E-state index contributed by atoms with van der Waals surface area (Å²) in [6.07, 6.45) is 0. The van der Waals surface area contributed by atoms with Crippen LogP contribution in [-0.4, -0.2) is 57.3 Å². The quantitative estimate of drug-likeness (QED) is 0.342. The summed E-state index contributed by atoms with van der Waals surface area (Å²) in [5, 5.41) is 8.23. The largest absolute Gasteiger partial charge is 0.480 e. The maximum Gasteiger partial charge on any atom is 0.329 e. The van der Waals surface area contributed by atoms with Gasteiger partial charge in [0.15, 0.2) is 0 Å². The molecule has 0 saturated heterocycles. The van der Waals surface area contributed by atoms with Crippen LogP contribution in [0.3, 0.4) is 0 Å². The number of nitrogens with two attached hydrogens (primary N) is 1. The molecule has 0 rings (SSSR count). The molecule has 7 heteroatoms. The van der Waals surface area contributed by atoms with Crippen molar-refractivity contribution in [3.8, 4) is 0 Å². The zero-order chi connectivity index (χ0) is 11.4. The lowest BCUT2D eigenvalue weighted by Gasteiger charge is -2.05. The number of carboxylic acids is 1. The molecule has 0 aliphatic heterocycles. The summed E-state index contributed by atoms with van der Waals surface area (Å²) >= 11 is 0. The van der Waals surface area contributed by atoms with Crippen LogP contribution in [0.1, 0.15) is 0 Å². The molecule has 0 atom stereocenters. The highest BCUT2D eigenvalue weighted by Crippen LogP contribution is 1.81. The third-order valence-electron chi connectivity index (χ3n) is 1.32. The van der Waals surface area contributed by atoms with Crippen molar-refractivity contribution in [1.82, 2.24) is 0 Å². The number of aliphatic carboxylic acids is 1. The number of ether oxygens (including phenoxy) is 3. The van der Waals surface area contributed by atoms with Crippen LogP contribution in [0.15, 0.2) is 0 Å². The summed E-state index contributed by atoms with van der Waals surface area (Å²) in [5.74, 6) is 3.79. The van der Waals surface area contributed by atoms with Gasteiger partial charge in [-0.3, -0.25) is 0 Å². The van der Waals surface area contributed by atoms with Crippen LogP contribution in [-0.2, 0) is 23.8 Å². The molecule has 0 fully saturated rings. The Balaban J connectivity index is 2.89. The number of hydrogen-bond acceptors (Lipinski definition) is 6. The molecule has 0 spiro atoms. The van der Waals surface area contributed by atoms with Crippen LogP contribution in [0.4, 0.5) is 0 Å². The van der Waals surface area contributed by atoms with E-state index in [1.165, 1.54) is 0 Å². The summed E-state index contributed by atoms with van der Waals surface area (Å²) < 4.78 is 14.9. The molecule has 0 amide bonds. The van der Waals surface area contributed by atoms with E-state index in [-0.39, 0.29) is 13.2 Å². The SMILES string of the molecule is NOCCOCCOCCOCC(=O)O. The van der Waals surface area contributed by atoms with Crippen LogP contribution in [0.2, 0.25) is 0 Å². The summed E-state index contributed by atoms with van der Waals surface area (Å²) in [6, 6.07) is 0. The maximum absolute atomic E-state index is 10.0. The molecule has 0 aliphatic carbocycles. The maximum atomic E-state index is 10.0. The van der Waals surface area contributed by atoms with Gasteiger partial charge in [0.2, 0.25) is 0 Å². The van der Waals surface area contributed by atoms with Gasteiger partial charge in [-0.05, 0) is 0 Å². The predicted molar refractivity (Wildman–Crippen MR) is 50.2 cm³/mol. The van der Waals surface area contributed by atoms with Gasteiger partial charge in [0.05, 0.1) is 39.6 Å². The van der Waals surface area contributed by atoms with E-state index in [9.17, 15) is 4.79 Å². The topological polar surface area (TPSA) is 100 Å². The molecular weight excluding hydrogens is 206 g/mol. The highest BCUT2D eigenvalue weighted by molar-refractivity contribution is 5.67. The molecule has 15 heavy (non-hydrogen) atoms. The average molecular weight is 223 g/mol. The second-order valence-corrected chi connectivity index (χ2v) is 2.54. The van der Waals surface area contributed by atoms with Crippen molar-refractivity contribution in [2.45, 2.75) is 0 Å². The smallest absolute Gasteiger partial charge is 0.329 e. The van der Waals surface area contributed by atoms with Crippen molar-refractivity contribution in [1.29, 1.82) is 0 Å². The number of carbonyl (C=O) groups is 1. The summed E-state index contributed by atoms with van der Waals surface area (Å²) in [7, 11) is 0. The lowest BCUT2D eigenvalue weighted by molar-refractivity contribution is -0.142. The molecule has 3 N–H and O–H groups in total. The molecule has 0 radical (unpaired) electrons. The summed E-state index contributed by atoms with van der Waals surface area (Å²) in [4.78, 5) is 14.3. The Labute approximate surface area is 88.0 Å². The minimum absolute atomic E-state index is 0.262. The van der Waals surface area contributed by atoms with E-state index >= 15 is 0 Å². The lowest BCUT2D eigenvalue weighted by atomic mass is 10.7. The second kappa shape index (κ2) is 11.3. The van der Waals surface area contributed by atoms with Crippen molar-refractivity contribution in [2.75, 3.05) is 46.2 Å². The lowest BCUT2D eigenvalue weighted by Crippen LogP contribution is -2.14. The molecule has 0 unspecified atom stereocenters. The van der Waals surface area contributed by atoms with Crippen LogP contribution >= 0.6 is 0 Å². The minimum Gasteiger partial charge on any atom is -0.480 e. The van der Waals surface area contributed by atoms with Gasteiger partial charge in [-0.25, -0.2) is 10.7 Å². The van der Waals surface area contributed by atoms with Crippen molar-refractivity contribution in [2.24, 2.45) is 5.90 Å². The Morgan fingerprint density at radius 1 is 0.933 bits per heavy atom. The predicted octanol–water partition coefficient (Wildman–Crippen LogP) is -0.989. The third-order valence-corrected chi connectivity index (χ3v) is 1.32. The fourth-order valence-corrected chi connectivity index (χ4v) is 0.706. The van der Waals surface area contributed by atoms with Gasteiger partial charge in [-0.1, -0.05) is 0 Å². The average Bonchev–Trinajstić information content (AvgIpc) is 2.20. The highest BCUT2D eigenvalue weighted by Gasteiger charge is 1.95. The Morgan fingerprint density at radius 2 is 1.40 bits per heavy atom. The first kappa shape index (κ1) is 14.3. The van der Waals surface area contributed by atoms with Crippen LogP contribution in [0, 0.1) is 0 Å². The van der Waals surface area contributed by atoms with E-state index in [0.717, 1.165) is 0 Å². The van der Waals surface area contributed by atoms with Crippen molar-refractivity contribution in [3.05, 3.63) is 0 Å². The number of hydrogen-bond donors (Lipinski definition) is 2. The molecule has 0 aromatic rings. The first-order chi connectivity index (χ1) is 7.27. The molecule has 0 aromatic heterocycles. The van der Waals surface area contributed by atoms with Crippen LogP contribution in [0.5, 0.6) is 0 Å². The standard InChI is InChI=1S/C8H17NO6/c9-15-6-5-13-2-1-12-3-4-14-7-8(10)11/h1-7,9H2,(H,10,11). The van der Waals surface area contributed by atoms with Crippen LogP contribution < -0.4 is 5.90 Å². The van der Waals surface area contributed by atoms with Crippen molar-refractivity contribution >= 4 is 5.97 Å². The second-order valence-electron chi connectivity index (χ2n) is 2.54. The summed E-state index contributed by atoms with van der Waals surface area (Å²) in [5.41, 5.74) is 0.